The number of alkyl halides is 3. The van der Waals surface area contributed by atoms with Crippen LogP contribution in [-0.4, -0.2) is 24.5 Å². The van der Waals surface area contributed by atoms with Crippen molar-refractivity contribution in [2.75, 3.05) is 6.54 Å². The van der Waals surface area contributed by atoms with Crippen molar-refractivity contribution >= 4 is 64.6 Å². The van der Waals surface area contributed by atoms with E-state index in [4.69, 9.17) is 0 Å². The zero-order chi connectivity index (χ0) is 17.0. The van der Waals surface area contributed by atoms with Gasteiger partial charge in [0.15, 0.2) is 2.14 Å². The Morgan fingerprint density at radius 2 is 1.87 bits per heavy atom. The minimum Gasteiger partial charge on any atom is -0.356 e. The summed E-state index contributed by atoms with van der Waals surface area (Å²) in [5.41, 5.74) is 3.08. The zero-order valence-electron chi connectivity index (χ0n) is 13.3. The van der Waals surface area contributed by atoms with Gasteiger partial charge in [-0.1, -0.05) is 86.8 Å². The molecule has 0 fully saturated rings. The predicted octanol–water partition coefficient (Wildman–Crippen LogP) is 5.48. The van der Waals surface area contributed by atoms with Crippen LogP contribution in [0.2, 0.25) is 0 Å². The summed E-state index contributed by atoms with van der Waals surface area (Å²) in [4.78, 5) is 18.4. The van der Waals surface area contributed by atoms with E-state index >= 15 is 0 Å². The molecule has 0 saturated carbocycles. The maximum atomic E-state index is 13.0. The Bertz CT molecular complexity index is 755. The number of nitrogens with one attached hydrogen (secondary N) is 1. The van der Waals surface area contributed by atoms with Crippen molar-refractivity contribution in [3.63, 3.8) is 0 Å². The number of nitrogens with zero attached hydrogens (tertiary/aromatic N) is 1. The van der Waals surface area contributed by atoms with Crippen LogP contribution in [0.1, 0.15) is 38.1 Å². The van der Waals surface area contributed by atoms with Gasteiger partial charge in [0.25, 0.3) is 0 Å². The Labute approximate surface area is 161 Å². The molecule has 1 N–H and O–H groups in total. The molecule has 0 saturated heterocycles. The summed E-state index contributed by atoms with van der Waals surface area (Å²) in [5.74, 6) is 0.148. The van der Waals surface area contributed by atoms with Crippen molar-refractivity contribution in [3.8, 4) is 0 Å². The quantitative estimate of drug-likeness (QED) is 0.472. The van der Waals surface area contributed by atoms with E-state index in [1.807, 2.05) is 31.7 Å². The van der Waals surface area contributed by atoms with Gasteiger partial charge >= 0.3 is 0 Å². The summed E-state index contributed by atoms with van der Waals surface area (Å²) >= 11 is 11.0. The number of para-hydroxylation sites is 1. The molecular formula is C17H19Br3N2O. The summed E-state index contributed by atoms with van der Waals surface area (Å²) in [5, 5.41) is 1.24. The molecule has 1 unspecified atom stereocenters. The molecule has 0 aliphatic carbocycles. The van der Waals surface area contributed by atoms with Gasteiger partial charge in [0.2, 0.25) is 5.91 Å². The van der Waals surface area contributed by atoms with Crippen molar-refractivity contribution in [2.24, 2.45) is 5.41 Å². The van der Waals surface area contributed by atoms with Gasteiger partial charge in [-0.25, -0.2) is 0 Å². The molecule has 3 rings (SSSR count). The van der Waals surface area contributed by atoms with E-state index in [0.29, 0.717) is 6.54 Å². The fraction of sp³-hybridized carbons (Fsp3) is 0.471. The molecule has 2 heterocycles. The molecule has 1 atom stereocenters. The van der Waals surface area contributed by atoms with Gasteiger partial charge in [-0.05, 0) is 18.1 Å². The van der Waals surface area contributed by atoms with E-state index in [1.165, 1.54) is 10.9 Å². The molecule has 2 aromatic rings. The lowest BCUT2D eigenvalue weighted by Crippen LogP contribution is -2.49. The first kappa shape index (κ1) is 17.5. The number of H-pyrrole nitrogens is 1. The highest BCUT2D eigenvalue weighted by Gasteiger charge is 2.46. The van der Waals surface area contributed by atoms with Crippen molar-refractivity contribution < 1.29 is 4.79 Å². The molecule has 1 aromatic carbocycles. The molecule has 6 heteroatoms. The van der Waals surface area contributed by atoms with Crippen LogP contribution in [0.3, 0.4) is 0 Å². The monoisotopic (exact) mass is 504 g/mol. The van der Waals surface area contributed by atoms with E-state index in [0.717, 1.165) is 17.6 Å². The predicted molar refractivity (Wildman–Crippen MR) is 105 cm³/mol. The first-order valence-corrected chi connectivity index (χ1v) is 9.96. The third-order valence-electron chi connectivity index (χ3n) is 4.25. The Morgan fingerprint density at radius 3 is 2.48 bits per heavy atom. The Kier molecular flexibility index (Phi) is 4.47. The number of rotatable bonds is 0. The third kappa shape index (κ3) is 3.14. The molecule has 3 nitrogen and oxygen atoms in total. The molecular weight excluding hydrogens is 488 g/mol. The summed E-state index contributed by atoms with van der Waals surface area (Å²) in [7, 11) is 0. The number of hydrogen-bond acceptors (Lipinski definition) is 1. The third-order valence-corrected chi connectivity index (χ3v) is 5.55. The highest BCUT2D eigenvalue weighted by molar-refractivity contribution is 9.39. The van der Waals surface area contributed by atoms with Crippen molar-refractivity contribution in [1.29, 1.82) is 0 Å². The van der Waals surface area contributed by atoms with Crippen molar-refractivity contribution in [1.82, 2.24) is 9.88 Å². The first-order valence-electron chi connectivity index (χ1n) is 7.58. The standard InChI is InChI=1S/C17H19Br3N2O/c1-16(2,3)15(23)22-9-8-11-10-6-4-5-7-12(10)21-13(11)14(22)17(18,19)20/h4-7,14,21H,8-9H2,1-3H3. The van der Waals surface area contributed by atoms with E-state index in [2.05, 4.69) is 71.0 Å². The second-order valence-electron chi connectivity index (χ2n) is 7.01. The van der Waals surface area contributed by atoms with E-state index in [-0.39, 0.29) is 11.9 Å². The van der Waals surface area contributed by atoms with Gasteiger partial charge in [-0.2, -0.15) is 0 Å². The number of aromatic nitrogens is 1. The number of halogens is 3. The average Bonchev–Trinajstić information content (AvgIpc) is 2.81. The molecule has 1 amide bonds. The molecule has 1 aliphatic heterocycles. The lowest BCUT2D eigenvalue weighted by molar-refractivity contribution is -0.142. The van der Waals surface area contributed by atoms with Gasteiger partial charge in [0, 0.05) is 28.6 Å². The Balaban J connectivity index is 2.16. The molecule has 124 valence electrons. The van der Waals surface area contributed by atoms with E-state index in [1.54, 1.807) is 0 Å². The Morgan fingerprint density at radius 1 is 1.22 bits per heavy atom. The number of carbonyl (C=O) groups excluding carboxylic acids is 1. The number of aromatic amines is 1. The highest BCUT2D eigenvalue weighted by Crippen LogP contribution is 2.52. The van der Waals surface area contributed by atoms with Crippen LogP contribution in [0.5, 0.6) is 0 Å². The van der Waals surface area contributed by atoms with Crippen LogP contribution >= 0.6 is 47.8 Å². The van der Waals surface area contributed by atoms with Gasteiger partial charge < -0.3 is 9.88 Å². The van der Waals surface area contributed by atoms with Gasteiger partial charge in [0.05, 0.1) is 0 Å². The molecule has 1 aromatic heterocycles. The first-order chi connectivity index (χ1) is 10.6. The van der Waals surface area contributed by atoms with Crippen LogP contribution in [0.15, 0.2) is 24.3 Å². The number of hydrogen-bond donors (Lipinski definition) is 1. The van der Waals surface area contributed by atoms with Crippen LogP contribution in [-0.2, 0) is 11.2 Å². The minimum atomic E-state index is -0.579. The number of carbonyl (C=O) groups is 1. The van der Waals surface area contributed by atoms with Gasteiger partial charge in [-0.3, -0.25) is 4.79 Å². The lowest BCUT2D eigenvalue weighted by atomic mass is 9.91. The molecule has 23 heavy (non-hydrogen) atoms. The number of fused-ring (bicyclic) bond motifs is 3. The molecule has 0 spiro atoms. The van der Waals surface area contributed by atoms with Crippen molar-refractivity contribution in [3.05, 3.63) is 35.5 Å². The second kappa shape index (κ2) is 5.88. The second-order valence-corrected chi connectivity index (χ2v) is 14.0. The largest absolute Gasteiger partial charge is 0.356 e. The lowest BCUT2D eigenvalue weighted by Gasteiger charge is -2.42. The minimum absolute atomic E-state index is 0.148. The fourth-order valence-corrected chi connectivity index (χ4v) is 4.66. The summed E-state index contributed by atoms with van der Waals surface area (Å²) < 4.78 is -0.579. The molecule has 0 radical (unpaired) electrons. The molecule has 0 bridgehead atoms. The van der Waals surface area contributed by atoms with E-state index < -0.39 is 7.56 Å². The summed E-state index contributed by atoms with van der Waals surface area (Å²) in [6.45, 7) is 6.60. The van der Waals surface area contributed by atoms with Crippen LogP contribution in [0, 0.1) is 5.41 Å². The van der Waals surface area contributed by atoms with Gasteiger partial charge in [-0.15, -0.1) is 0 Å². The van der Waals surface area contributed by atoms with Crippen LogP contribution in [0.4, 0.5) is 0 Å². The Hall–Kier alpha value is -0.330. The smallest absolute Gasteiger partial charge is 0.228 e. The average molecular weight is 507 g/mol. The number of amides is 1. The highest BCUT2D eigenvalue weighted by atomic mass is 80.0. The topological polar surface area (TPSA) is 36.1 Å². The summed E-state index contributed by atoms with van der Waals surface area (Å²) in [6.07, 6.45) is 0.862. The maximum absolute atomic E-state index is 13.0. The maximum Gasteiger partial charge on any atom is 0.228 e. The van der Waals surface area contributed by atoms with Crippen LogP contribution in [0.25, 0.3) is 10.9 Å². The van der Waals surface area contributed by atoms with Gasteiger partial charge in [0.1, 0.15) is 6.04 Å². The van der Waals surface area contributed by atoms with E-state index in [9.17, 15) is 4.79 Å². The summed E-state index contributed by atoms with van der Waals surface area (Å²) in [6, 6.07) is 8.15. The fourth-order valence-electron chi connectivity index (χ4n) is 3.23. The molecule has 1 aliphatic rings. The van der Waals surface area contributed by atoms with Crippen molar-refractivity contribution in [2.45, 2.75) is 35.4 Å². The SMILES string of the molecule is CC(C)(C)C(=O)N1CCc2c([nH]c3ccccc23)C1C(Br)(Br)Br. The van der Waals surface area contributed by atoms with Crippen LogP contribution < -0.4 is 0 Å². The number of benzene rings is 1. The normalized spacial score (nSPS) is 19.0. The zero-order valence-corrected chi connectivity index (χ0v) is 18.0.